The Morgan fingerprint density at radius 3 is 2.55 bits per heavy atom. The Bertz CT molecular complexity index is 991. The number of ketones is 1. The van der Waals surface area contributed by atoms with Gasteiger partial charge in [0.15, 0.2) is 5.78 Å². The number of aliphatic hydroxyl groups is 2. The molecular formula is C29H39NO3. The molecule has 0 aromatic heterocycles. The number of benzene rings is 1. The third-order valence-corrected chi connectivity index (χ3v) is 9.62. The van der Waals surface area contributed by atoms with E-state index in [0.29, 0.717) is 31.1 Å². The fraction of sp³-hybridized carbons (Fsp3) is 0.621. The molecular weight excluding hydrogens is 410 g/mol. The smallest absolute Gasteiger partial charge is 0.156 e. The van der Waals surface area contributed by atoms with Crippen LogP contribution in [0.15, 0.2) is 47.1 Å². The number of nitrogens with zero attached hydrogens (tertiary/aromatic N) is 1. The standard InChI is InChI=1S/C29H39NO3/c1-28-18-25(19-5-8-21(9-6-19)30(2)3)27-23-12-10-22(32)17-20(23)7-11-24(27)26(28)13-15-29(28,33)14-4-16-31/h5-6,8-9,17,24-26,31,33H,4,7,10-16,18H2,1-3H3/t24-,25?,26-,28?,29?/m0/s1. The summed E-state index contributed by atoms with van der Waals surface area (Å²) in [5.74, 6) is 1.50. The quantitative estimate of drug-likeness (QED) is 0.652. The van der Waals surface area contributed by atoms with Gasteiger partial charge in [-0.2, -0.15) is 0 Å². The van der Waals surface area contributed by atoms with Crippen molar-refractivity contribution in [1.29, 1.82) is 0 Å². The Morgan fingerprint density at radius 2 is 1.85 bits per heavy atom. The lowest BCUT2D eigenvalue weighted by molar-refractivity contribution is -0.114. The molecule has 1 aromatic rings. The van der Waals surface area contributed by atoms with Crippen molar-refractivity contribution in [3.63, 3.8) is 0 Å². The van der Waals surface area contributed by atoms with Crippen LogP contribution < -0.4 is 4.90 Å². The maximum Gasteiger partial charge on any atom is 0.156 e. The summed E-state index contributed by atoms with van der Waals surface area (Å²) >= 11 is 0. The Labute approximate surface area is 198 Å². The Morgan fingerprint density at radius 1 is 1.09 bits per heavy atom. The number of rotatable bonds is 5. The second-order valence-electron chi connectivity index (χ2n) is 11.4. The number of hydrogen-bond acceptors (Lipinski definition) is 4. The molecule has 0 radical (unpaired) electrons. The Hall–Kier alpha value is -1.91. The van der Waals surface area contributed by atoms with Crippen molar-refractivity contribution >= 4 is 11.5 Å². The van der Waals surface area contributed by atoms with Gasteiger partial charge < -0.3 is 15.1 Å². The van der Waals surface area contributed by atoms with Crippen molar-refractivity contribution in [2.75, 3.05) is 25.6 Å². The molecule has 1 aromatic carbocycles. The van der Waals surface area contributed by atoms with E-state index in [1.165, 1.54) is 22.4 Å². The predicted molar refractivity (Wildman–Crippen MR) is 132 cm³/mol. The molecule has 178 valence electrons. The predicted octanol–water partition coefficient (Wildman–Crippen LogP) is 5.16. The zero-order valence-corrected chi connectivity index (χ0v) is 20.4. The van der Waals surface area contributed by atoms with Gasteiger partial charge in [0.25, 0.3) is 0 Å². The zero-order chi connectivity index (χ0) is 23.4. The third kappa shape index (κ3) is 3.61. The molecule has 0 bridgehead atoms. The first kappa shape index (κ1) is 22.9. The first-order chi connectivity index (χ1) is 15.8. The van der Waals surface area contributed by atoms with Gasteiger partial charge in [0.05, 0.1) is 5.60 Å². The second-order valence-corrected chi connectivity index (χ2v) is 11.4. The molecule has 4 heteroatoms. The van der Waals surface area contributed by atoms with Crippen LogP contribution in [0.2, 0.25) is 0 Å². The molecule has 0 heterocycles. The van der Waals surface area contributed by atoms with E-state index in [2.05, 4.69) is 50.2 Å². The van der Waals surface area contributed by atoms with Crippen molar-refractivity contribution in [3.8, 4) is 0 Å². The number of fused-ring (bicyclic) bond motifs is 4. The largest absolute Gasteiger partial charge is 0.396 e. The van der Waals surface area contributed by atoms with E-state index in [1.807, 2.05) is 6.08 Å². The van der Waals surface area contributed by atoms with Gasteiger partial charge in [0.1, 0.15) is 0 Å². The Balaban J connectivity index is 1.62. The number of carbonyl (C=O) groups excluding carboxylic acids is 1. The fourth-order valence-corrected chi connectivity index (χ4v) is 7.84. The van der Waals surface area contributed by atoms with Crippen molar-refractivity contribution in [3.05, 3.63) is 52.6 Å². The molecule has 33 heavy (non-hydrogen) atoms. The molecule has 2 saturated carbocycles. The summed E-state index contributed by atoms with van der Waals surface area (Å²) in [6.07, 6.45) is 9.68. The number of carbonyl (C=O) groups is 1. The highest BCUT2D eigenvalue weighted by atomic mass is 16.3. The molecule has 4 nitrogen and oxygen atoms in total. The van der Waals surface area contributed by atoms with Crippen LogP contribution >= 0.6 is 0 Å². The number of aliphatic hydroxyl groups excluding tert-OH is 1. The summed E-state index contributed by atoms with van der Waals surface area (Å²) in [6.45, 7) is 2.47. The summed E-state index contributed by atoms with van der Waals surface area (Å²) in [7, 11) is 4.14. The van der Waals surface area contributed by atoms with Gasteiger partial charge in [0.2, 0.25) is 0 Å². The number of hydrogen-bond donors (Lipinski definition) is 2. The summed E-state index contributed by atoms with van der Waals surface area (Å²) in [4.78, 5) is 14.3. The lowest BCUT2D eigenvalue weighted by atomic mass is 9.51. The van der Waals surface area contributed by atoms with Gasteiger partial charge in [0, 0.05) is 44.1 Å². The van der Waals surface area contributed by atoms with Crippen LogP contribution in [-0.2, 0) is 4.79 Å². The lowest BCUT2D eigenvalue weighted by Crippen LogP contribution is -2.51. The van der Waals surface area contributed by atoms with E-state index in [4.69, 9.17) is 0 Å². The number of anilines is 1. The molecule has 0 spiro atoms. The van der Waals surface area contributed by atoms with Crippen LogP contribution in [-0.4, -0.2) is 42.3 Å². The van der Waals surface area contributed by atoms with E-state index in [0.717, 1.165) is 38.5 Å². The average Bonchev–Trinajstić information content (AvgIpc) is 3.07. The molecule has 0 aliphatic heterocycles. The zero-order valence-electron chi connectivity index (χ0n) is 20.4. The van der Waals surface area contributed by atoms with E-state index in [9.17, 15) is 15.0 Å². The van der Waals surface area contributed by atoms with E-state index < -0.39 is 5.60 Å². The molecule has 3 unspecified atom stereocenters. The maximum atomic E-state index is 12.2. The SMILES string of the molecule is CN(C)c1ccc(C2CC3(C)[C@@H](CCC3(O)CCCO)[C@@H]3CCC4=CC(=O)CCC4=C23)cc1. The lowest BCUT2D eigenvalue weighted by Gasteiger charge is -2.55. The fourth-order valence-electron chi connectivity index (χ4n) is 7.84. The molecule has 5 atom stereocenters. The van der Waals surface area contributed by atoms with Crippen molar-refractivity contribution in [1.82, 2.24) is 0 Å². The average molecular weight is 450 g/mol. The van der Waals surface area contributed by atoms with Gasteiger partial charge >= 0.3 is 0 Å². The monoisotopic (exact) mass is 449 g/mol. The van der Waals surface area contributed by atoms with E-state index in [-0.39, 0.29) is 23.7 Å². The van der Waals surface area contributed by atoms with Gasteiger partial charge in [-0.15, -0.1) is 0 Å². The highest BCUT2D eigenvalue weighted by molar-refractivity contribution is 5.93. The van der Waals surface area contributed by atoms with Crippen LogP contribution in [0.5, 0.6) is 0 Å². The highest BCUT2D eigenvalue weighted by Gasteiger charge is 2.62. The van der Waals surface area contributed by atoms with E-state index in [1.54, 1.807) is 5.57 Å². The first-order valence-electron chi connectivity index (χ1n) is 12.8. The maximum absolute atomic E-state index is 12.2. The summed E-state index contributed by atoms with van der Waals surface area (Å²) in [5, 5.41) is 21.4. The number of allylic oxidation sites excluding steroid dienone is 4. The summed E-state index contributed by atoms with van der Waals surface area (Å²) in [6, 6.07) is 8.98. The molecule has 4 aliphatic carbocycles. The van der Waals surface area contributed by atoms with Crippen LogP contribution in [0.3, 0.4) is 0 Å². The van der Waals surface area contributed by atoms with Crippen LogP contribution in [0, 0.1) is 17.3 Å². The molecule has 0 saturated heterocycles. The summed E-state index contributed by atoms with van der Waals surface area (Å²) < 4.78 is 0. The molecule has 4 aliphatic rings. The van der Waals surface area contributed by atoms with Gasteiger partial charge in [-0.3, -0.25) is 4.79 Å². The van der Waals surface area contributed by atoms with Gasteiger partial charge in [-0.05, 0) is 98.1 Å². The minimum Gasteiger partial charge on any atom is -0.396 e. The first-order valence-corrected chi connectivity index (χ1v) is 12.8. The van der Waals surface area contributed by atoms with Crippen molar-refractivity contribution in [2.45, 2.75) is 76.2 Å². The van der Waals surface area contributed by atoms with Crippen molar-refractivity contribution < 1.29 is 15.0 Å². The van der Waals surface area contributed by atoms with Gasteiger partial charge in [-0.1, -0.05) is 24.6 Å². The second kappa shape index (κ2) is 8.39. The Kier molecular flexibility index (Phi) is 5.81. The van der Waals surface area contributed by atoms with Crippen LogP contribution in [0.1, 0.15) is 76.2 Å². The molecule has 2 N–H and O–H groups in total. The molecule has 2 fully saturated rings. The minimum absolute atomic E-state index is 0.138. The topological polar surface area (TPSA) is 60.8 Å². The molecule has 5 rings (SSSR count). The third-order valence-electron chi connectivity index (χ3n) is 9.62. The normalized spacial score (nSPS) is 35.6. The van der Waals surface area contributed by atoms with Crippen LogP contribution in [0.4, 0.5) is 5.69 Å². The highest BCUT2D eigenvalue weighted by Crippen LogP contribution is 2.67. The minimum atomic E-state index is -0.711. The molecule has 0 amide bonds. The summed E-state index contributed by atoms with van der Waals surface area (Å²) in [5.41, 5.74) is 5.98. The van der Waals surface area contributed by atoms with Crippen LogP contribution in [0.25, 0.3) is 0 Å². The van der Waals surface area contributed by atoms with Gasteiger partial charge in [-0.25, -0.2) is 0 Å². The van der Waals surface area contributed by atoms with Crippen molar-refractivity contribution in [2.24, 2.45) is 17.3 Å². The van der Waals surface area contributed by atoms with E-state index >= 15 is 0 Å².